The molecule has 2 aliphatic heterocycles. The van der Waals surface area contributed by atoms with Crippen molar-refractivity contribution < 1.29 is 13.6 Å². The average molecular weight is 325 g/mol. The van der Waals surface area contributed by atoms with E-state index in [0.29, 0.717) is 12.2 Å². The number of carbonyl (C=O) groups excluding carboxylic acids is 1. The minimum atomic E-state index is -2.72. The molecule has 9 heteroatoms. The van der Waals surface area contributed by atoms with Gasteiger partial charge in [-0.3, -0.25) is 13.9 Å². The summed E-state index contributed by atoms with van der Waals surface area (Å²) >= 11 is 0. The second kappa shape index (κ2) is 5.39. The van der Waals surface area contributed by atoms with Gasteiger partial charge >= 0.3 is 5.69 Å². The van der Waals surface area contributed by atoms with Crippen LogP contribution in [-0.2, 0) is 11.3 Å². The van der Waals surface area contributed by atoms with Crippen LogP contribution in [-0.4, -0.2) is 37.5 Å². The Bertz CT molecular complexity index is 769. The summed E-state index contributed by atoms with van der Waals surface area (Å²) in [7, 11) is 0. The predicted octanol–water partition coefficient (Wildman–Crippen LogP) is 0.897. The molecule has 1 N–H and O–H groups in total. The van der Waals surface area contributed by atoms with E-state index in [9.17, 15) is 18.4 Å². The van der Waals surface area contributed by atoms with Crippen molar-refractivity contribution in [2.24, 2.45) is 5.92 Å². The van der Waals surface area contributed by atoms with E-state index in [0.717, 1.165) is 0 Å². The first-order valence-corrected chi connectivity index (χ1v) is 7.43. The van der Waals surface area contributed by atoms with Crippen LogP contribution in [0.25, 0.3) is 11.5 Å². The molecular weight excluding hydrogens is 308 g/mol. The van der Waals surface area contributed by atoms with E-state index < -0.39 is 23.6 Å². The molecule has 3 aliphatic rings. The predicted molar refractivity (Wildman–Crippen MR) is 77.4 cm³/mol. The van der Waals surface area contributed by atoms with Crippen LogP contribution < -0.4 is 11.0 Å². The third kappa shape index (κ3) is 2.71. The van der Waals surface area contributed by atoms with Gasteiger partial charge in [-0.1, -0.05) is 0 Å². The number of nitrogens with zero attached hydrogens (tertiary/aromatic N) is 4. The number of hydrogen-bond donors (Lipinski definition) is 1. The highest BCUT2D eigenvalue weighted by Crippen LogP contribution is 2.49. The quantitative estimate of drug-likeness (QED) is 0.885. The molecule has 0 bridgehead atoms. The summed E-state index contributed by atoms with van der Waals surface area (Å²) in [6, 6.07) is -0.811. The first kappa shape index (κ1) is 15.6. The SMILES string of the molecule is CCNC(=O)C(C)n1c2ncnc-2cn(CC2CC2(F)F)c1=O. The molecule has 0 saturated heterocycles. The van der Waals surface area contributed by atoms with Crippen LogP contribution in [0.5, 0.6) is 0 Å². The van der Waals surface area contributed by atoms with Gasteiger partial charge in [-0.25, -0.2) is 23.5 Å². The van der Waals surface area contributed by atoms with E-state index in [2.05, 4.69) is 15.3 Å². The number of fused-ring (bicyclic) bond motifs is 1. The molecule has 1 saturated carbocycles. The molecule has 1 fully saturated rings. The van der Waals surface area contributed by atoms with Crippen molar-refractivity contribution in [1.29, 1.82) is 0 Å². The molecule has 124 valence electrons. The van der Waals surface area contributed by atoms with Crippen LogP contribution in [0.4, 0.5) is 8.78 Å². The standard InChI is InChI=1S/C14H17F2N5O2/c1-3-17-12(22)8(2)21-11-10(18-7-19-11)6-20(13(21)23)5-9-4-14(9,15)16/h6-9H,3-5H2,1-2H3,(H,17,22). The lowest BCUT2D eigenvalue weighted by molar-refractivity contribution is -0.123. The van der Waals surface area contributed by atoms with Crippen molar-refractivity contribution in [2.75, 3.05) is 6.54 Å². The summed E-state index contributed by atoms with van der Waals surface area (Å²) in [6.45, 7) is 3.66. The largest absolute Gasteiger partial charge is 0.355 e. The topological polar surface area (TPSA) is 81.8 Å². The molecule has 0 aromatic heterocycles. The molecule has 0 aromatic rings. The summed E-state index contributed by atoms with van der Waals surface area (Å²) in [4.78, 5) is 32.7. The highest BCUT2D eigenvalue weighted by atomic mass is 19.3. The Kier molecular flexibility index (Phi) is 3.65. The molecule has 2 unspecified atom stereocenters. The Morgan fingerprint density at radius 1 is 1.52 bits per heavy atom. The fraction of sp³-hybridized carbons (Fsp3) is 0.571. The zero-order valence-corrected chi connectivity index (χ0v) is 12.8. The molecule has 1 amide bonds. The van der Waals surface area contributed by atoms with E-state index in [-0.39, 0.29) is 24.7 Å². The number of likely N-dealkylation sites (N-methyl/N-ethyl adjacent to an activating group) is 1. The Hall–Kier alpha value is -2.32. The van der Waals surface area contributed by atoms with E-state index >= 15 is 0 Å². The summed E-state index contributed by atoms with van der Waals surface area (Å²) in [5.74, 6) is -3.64. The van der Waals surface area contributed by atoms with Crippen LogP contribution in [0.1, 0.15) is 26.3 Å². The van der Waals surface area contributed by atoms with Gasteiger partial charge in [0.2, 0.25) is 5.91 Å². The van der Waals surface area contributed by atoms with Gasteiger partial charge < -0.3 is 5.32 Å². The molecule has 0 aromatic carbocycles. The summed E-state index contributed by atoms with van der Waals surface area (Å²) in [5, 5.41) is 2.64. The van der Waals surface area contributed by atoms with Crippen molar-refractivity contribution in [3.05, 3.63) is 23.0 Å². The normalized spacial score (nSPS) is 20.4. The van der Waals surface area contributed by atoms with Crippen molar-refractivity contribution in [2.45, 2.75) is 38.8 Å². The maximum atomic E-state index is 13.1. The Balaban J connectivity index is 2.03. The average Bonchev–Trinajstić information content (AvgIpc) is 2.87. The van der Waals surface area contributed by atoms with Crippen molar-refractivity contribution in [1.82, 2.24) is 24.4 Å². The fourth-order valence-corrected chi connectivity index (χ4v) is 2.60. The van der Waals surface area contributed by atoms with Gasteiger partial charge in [-0.05, 0) is 13.8 Å². The Labute approximate surface area is 130 Å². The first-order valence-electron chi connectivity index (χ1n) is 7.43. The maximum absolute atomic E-state index is 13.1. The number of imidazole rings is 1. The number of alkyl halides is 2. The van der Waals surface area contributed by atoms with Gasteiger partial charge in [0.05, 0.1) is 0 Å². The van der Waals surface area contributed by atoms with Gasteiger partial charge in [-0.15, -0.1) is 0 Å². The lowest BCUT2D eigenvalue weighted by Crippen LogP contribution is -2.40. The lowest BCUT2D eigenvalue weighted by Gasteiger charge is -2.19. The Morgan fingerprint density at radius 2 is 2.22 bits per heavy atom. The van der Waals surface area contributed by atoms with E-state index in [1.165, 1.54) is 21.7 Å². The molecule has 23 heavy (non-hydrogen) atoms. The maximum Gasteiger partial charge on any atom is 0.330 e. The molecule has 2 atom stereocenters. The Morgan fingerprint density at radius 3 is 2.83 bits per heavy atom. The molecule has 1 aliphatic carbocycles. The monoisotopic (exact) mass is 325 g/mol. The van der Waals surface area contributed by atoms with Gasteiger partial charge in [-0.2, -0.15) is 0 Å². The van der Waals surface area contributed by atoms with Crippen LogP contribution in [0.15, 0.2) is 17.3 Å². The first-order chi connectivity index (χ1) is 10.8. The zero-order chi connectivity index (χ0) is 16.8. The molecule has 3 rings (SSSR count). The van der Waals surface area contributed by atoms with Crippen LogP contribution in [0.3, 0.4) is 0 Å². The molecular formula is C14H17F2N5O2. The van der Waals surface area contributed by atoms with Crippen molar-refractivity contribution >= 4 is 5.91 Å². The number of amides is 1. The summed E-state index contributed by atoms with van der Waals surface area (Å²) in [5.41, 5.74) is -0.149. The number of nitrogens with one attached hydrogen (secondary N) is 1. The molecule has 0 spiro atoms. The van der Waals surface area contributed by atoms with Crippen molar-refractivity contribution in [3.63, 3.8) is 0 Å². The second-order valence-electron chi connectivity index (χ2n) is 5.75. The number of halogens is 2. The lowest BCUT2D eigenvalue weighted by atomic mass is 10.2. The number of rotatable bonds is 5. The zero-order valence-electron chi connectivity index (χ0n) is 12.8. The van der Waals surface area contributed by atoms with E-state index in [4.69, 9.17) is 0 Å². The summed E-state index contributed by atoms with van der Waals surface area (Å²) < 4.78 is 28.7. The van der Waals surface area contributed by atoms with Gasteiger partial charge in [0.1, 0.15) is 18.1 Å². The highest BCUT2D eigenvalue weighted by molar-refractivity contribution is 5.80. The minimum Gasteiger partial charge on any atom is -0.355 e. The van der Waals surface area contributed by atoms with Crippen LogP contribution in [0.2, 0.25) is 0 Å². The van der Waals surface area contributed by atoms with E-state index in [1.54, 1.807) is 13.8 Å². The second-order valence-corrected chi connectivity index (χ2v) is 5.75. The number of aromatic nitrogens is 4. The van der Waals surface area contributed by atoms with Crippen LogP contribution in [0, 0.1) is 5.92 Å². The minimum absolute atomic E-state index is 0.100. The van der Waals surface area contributed by atoms with Gasteiger partial charge in [0.15, 0.2) is 5.82 Å². The van der Waals surface area contributed by atoms with Crippen molar-refractivity contribution in [3.8, 4) is 11.5 Å². The number of hydrogen-bond acceptors (Lipinski definition) is 4. The van der Waals surface area contributed by atoms with Gasteiger partial charge in [0.25, 0.3) is 5.92 Å². The third-order valence-corrected chi connectivity index (χ3v) is 4.05. The van der Waals surface area contributed by atoms with Gasteiger partial charge in [0, 0.05) is 31.6 Å². The molecule has 7 nitrogen and oxygen atoms in total. The molecule has 2 heterocycles. The molecule has 0 radical (unpaired) electrons. The van der Waals surface area contributed by atoms with Crippen LogP contribution >= 0.6 is 0 Å². The highest BCUT2D eigenvalue weighted by Gasteiger charge is 2.56. The number of carbonyl (C=O) groups is 1. The fourth-order valence-electron chi connectivity index (χ4n) is 2.60. The smallest absolute Gasteiger partial charge is 0.330 e. The van der Waals surface area contributed by atoms with E-state index in [1.807, 2.05) is 0 Å². The summed E-state index contributed by atoms with van der Waals surface area (Å²) in [6.07, 6.45) is 2.47. The third-order valence-electron chi connectivity index (χ3n) is 4.05.